The molecule has 0 aromatic carbocycles. The van der Waals surface area contributed by atoms with Crippen molar-refractivity contribution in [1.82, 2.24) is 9.97 Å². The van der Waals surface area contributed by atoms with E-state index in [1.807, 2.05) is 6.07 Å². The highest BCUT2D eigenvalue weighted by molar-refractivity contribution is 5.47. The Bertz CT molecular complexity index is 372. The molecule has 0 unspecified atom stereocenters. The summed E-state index contributed by atoms with van der Waals surface area (Å²) in [6.07, 6.45) is 4.02. The van der Waals surface area contributed by atoms with Gasteiger partial charge in [-0.05, 0) is 12.3 Å². The summed E-state index contributed by atoms with van der Waals surface area (Å²) in [7, 11) is 1.57. The summed E-state index contributed by atoms with van der Waals surface area (Å²) >= 11 is 0. The lowest BCUT2D eigenvalue weighted by atomic mass is 10.1. The highest BCUT2D eigenvalue weighted by Gasteiger charge is 2.13. The summed E-state index contributed by atoms with van der Waals surface area (Å²) in [5.41, 5.74) is 0.285. The first-order valence-corrected chi connectivity index (χ1v) is 5.21. The van der Waals surface area contributed by atoms with E-state index in [4.69, 9.17) is 10.1 Å². The zero-order chi connectivity index (χ0) is 12.0. The highest BCUT2D eigenvalue weighted by Crippen LogP contribution is 2.15. The van der Waals surface area contributed by atoms with Crippen LogP contribution >= 0.6 is 0 Å². The van der Waals surface area contributed by atoms with Gasteiger partial charge in [-0.3, -0.25) is 4.84 Å². The summed E-state index contributed by atoms with van der Waals surface area (Å²) in [5, 5.41) is 10.5. The first-order valence-electron chi connectivity index (χ1n) is 5.21. The molecule has 86 valence electrons. The van der Waals surface area contributed by atoms with Gasteiger partial charge in [-0.25, -0.2) is 15.0 Å². The van der Waals surface area contributed by atoms with Crippen LogP contribution in [0.2, 0.25) is 0 Å². The second kappa shape index (κ2) is 6.03. The SMILES string of the molecule is CON(CCC(C)C)c1nccnc1C#N. The molecule has 1 heterocycles. The van der Waals surface area contributed by atoms with Crippen LogP contribution in [-0.2, 0) is 4.84 Å². The highest BCUT2D eigenvalue weighted by atomic mass is 16.7. The Morgan fingerprint density at radius 1 is 1.44 bits per heavy atom. The van der Waals surface area contributed by atoms with Gasteiger partial charge < -0.3 is 0 Å². The van der Waals surface area contributed by atoms with Crippen LogP contribution in [-0.4, -0.2) is 23.6 Å². The smallest absolute Gasteiger partial charge is 0.189 e. The van der Waals surface area contributed by atoms with Crippen molar-refractivity contribution < 1.29 is 4.84 Å². The average Bonchev–Trinajstić information content (AvgIpc) is 2.30. The summed E-state index contributed by atoms with van der Waals surface area (Å²) < 4.78 is 0. The second-order valence-electron chi connectivity index (χ2n) is 3.81. The number of rotatable bonds is 5. The van der Waals surface area contributed by atoms with Gasteiger partial charge in [0.25, 0.3) is 0 Å². The Morgan fingerprint density at radius 2 is 2.12 bits per heavy atom. The number of anilines is 1. The summed E-state index contributed by atoms with van der Waals surface area (Å²) in [4.78, 5) is 13.3. The molecule has 0 saturated heterocycles. The summed E-state index contributed by atoms with van der Waals surface area (Å²) in [6.45, 7) is 4.97. The molecular weight excluding hydrogens is 204 g/mol. The van der Waals surface area contributed by atoms with Crippen LogP contribution in [0.15, 0.2) is 12.4 Å². The fraction of sp³-hybridized carbons (Fsp3) is 0.545. The van der Waals surface area contributed by atoms with E-state index in [1.165, 1.54) is 6.20 Å². The molecule has 0 aliphatic carbocycles. The van der Waals surface area contributed by atoms with Gasteiger partial charge in [0.15, 0.2) is 11.5 Å². The molecule has 0 atom stereocenters. The van der Waals surface area contributed by atoms with Gasteiger partial charge in [0.1, 0.15) is 6.07 Å². The van der Waals surface area contributed by atoms with Gasteiger partial charge in [-0.2, -0.15) is 5.26 Å². The molecule has 1 rings (SSSR count). The van der Waals surface area contributed by atoms with E-state index in [2.05, 4.69) is 23.8 Å². The minimum atomic E-state index is 0.285. The van der Waals surface area contributed by atoms with E-state index in [0.717, 1.165) is 6.42 Å². The van der Waals surface area contributed by atoms with Crippen molar-refractivity contribution in [1.29, 1.82) is 5.26 Å². The van der Waals surface area contributed by atoms with E-state index in [9.17, 15) is 0 Å². The minimum Gasteiger partial charge on any atom is -0.275 e. The first-order chi connectivity index (χ1) is 7.69. The molecule has 0 saturated carbocycles. The van der Waals surface area contributed by atoms with Crippen molar-refractivity contribution in [2.45, 2.75) is 20.3 Å². The van der Waals surface area contributed by atoms with Crippen LogP contribution in [0, 0.1) is 17.2 Å². The number of nitriles is 1. The van der Waals surface area contributed by atoms with Crippen molar-refractivity contribution in [3.63, 3.8) is 0 Å². The van der Waals surface area contributed by atoms with Crippen LogP contribution in [0.1, 0.15) is 26.0 Å². The van der Waals surface area contributed by atoms with E-state index >= 15 is 0 Å². The molecule has 0 amide bonds. The number of nitrogens with zero attached hydrogens (tertiary/aromatic N) is 4. The van der Waals surface area contributed by atoms with Crippen molar-refractivity contribution in [3.8, 4) is 6.07 Å². The van der Waals surface area contributed by atoms with E-state index in [0.29, 0.717) is 18.3 Å². The predicted octanol–water partition coefficient (Wildman–Crippen LogP) is 1.76. The van der Waals surface area contributed by atoms with Gasteiger partial charge in [-0.15, -0.1) is 0 Å². The number of hydroxylamine groups is 1. The molecule has 16 heavy (non-hydrogen) atoms. The molecule has 0 bridgehead atoms. The van der Waals surface area contributed by atoms with Gasteiger partial charge in [0.2, 0.25) is 0 Å². The maximum atomic E-state index is 8.91. The Kier molecular flexibility index (Phi) is 4.67. The zero-order valence-electron chi connectivity index (χ0n) is 9.84. The minimum absolute atomic E-state index is 0.285. The Labute approximate surface area is 95.6 Å². The van der Waals surface area contributed by atoms with Crippen molar-refractivity contribution >= 4 is 5.82 Å². The van der Waals surface area contributed by atoms with Gasteiger partial charge in [0, 0.05) is 18.9 Å². The maximum absolute atomic E-state index is 8.91. The lowest BCUT2D eigenvalue weighted by Gasteiger charge is -2.21. The van der Waals surface area contributed by atoms with E-state index in [1.54, 1.807) is 18.4 Å². The normalized spacial score (nSPS) is 10.2. The van der Waals surface area contributed by atoms with Gasteiger partial charge >= 0.3 is 0 Å². The topological polar surface area (TPSA) is 62.0 Å². The van der Waals surface area contributed by atoms with Crippen LogP contribution in [0.5, 0.6) is 0 Å². The molecular formula is C11H16N4O. The second-order valence-corrected chi connectivity index (χ2v) is 3.81. The predicted molar refractivity (Wildman–Crippen MR) is 60.6 cm³/mol. The lowest BCUT2D eigenvalue weighted by molar-refractivity contribution is 0.160. The largest absolute Gasteiger partial charge is 0.275 e. The Morgan fingerprint density at radius 3 is 2.69 bits per heavy atom. The lowest BCUT2D eigenvalue weighted by Crippen LogP contribution is -2.26. The molecule has 0 spiro atoms. The van der Waals surface area contributed by atoms with Crippen LogP contribution in [0.25, 0.3) is 0 Å². The third-order valence-electron chi connectivity index (χ3n) is 2.15. The van der Waals surface area contributed by atoms with Gasteiger partial charge in [-0.1, -0.05) is 13.8 Å². The van der Waals surface area contributed by atoms with Crippen molar-refractivity contribution in [2.75, 3.05) is 18.7 Å². The van der Waals surface area contributed by atoms with Crippen LogP contribution < -0.4 is 5.06 Å². The molecule has 0 N–H and O–H groups in total. The molecule has 1 aromatic heterocycles. The molecule has 1 aromatic rings. The monoisotopic (exact) mass is 220 g/mol. The number of hydrogen-bond acceptors (Lipinski definition) is 5. The van der Waals surface area contributed by atoms with E-state index in [-0.39, 0.29) is 5.69 Å². The average molecular weight is 220 g/mol. The molecule has 0 fully saturated rings. The zero-order valence-corrected chi connectivity index (χ0v) is 9.84. The third kappa shape index (κ3) is 3.17. The van der Waals surface area contributed by atoms with Crippen molar-refractivity contribution in [3.05, 3.63) is 18.1 Å². The molecule has 0 aliphatic heterocycles. The maximum Gasteiger partial charge on any atom is 0.189 e. The third-order valence-corrected chi connectivity index (χ3v) is 2.15. The Hall–Kier alpha value is -1.67. The molecule has 5 heteroatoms. The fourth-order valence-electron chi connectivity index (χ4n) is 1.25. The molecule has 5 nitrogen and oxygen atoms in total. The molecule has 0 aliphatic rings. The number of hydrogen-bond donors (Lipinski definition) is 0. The summed E-state index contributed by atoms with van der Waals surface area (Å²) in [6, 6.07) is 2.00. The van der Waals surface area contributed by atoms with Crippen LogP contribution in [0.4, 0.5) is 5.82 Å². The Balaban J connectivity index is 2.82. The summed E-state index contributed by atoms with van der Waals surface area (Å²) in [5.74, 6) is 1.05. The van der Waals surface area contributed by atoms with Crippen molar-refractivity contribution in [2.24, 2.45) is 5.92 Å². The number of aromatic nitrogens is 2. The molecule has 0 radical (unpaired) electrons. The standard InChI is InChI=1S/C11H16N4O/c1-9(2)4-7-15(16-3)11-10(8-12)13-5-6-14-11/h5-6,9H,4,7H2,1-3H3. The van der Waals surface area contributed by atoms with E-state index < -0.39 is 0 Å². The van der Waals surface area contributed by atoms with Crippen LogP contribution in [0.3, 0.4) is 0 Å². The first kappa shape index (κ1) is 12.4. The quantitative estimate of drug-likeness (QED) is 0.707. The fourth-order valence-corrected chi connectivity index (χ4v) is 1.25. The van der Waals surface area contributed by atoms with Gasteiger partial charge in [0.05, 0.1) is 7.11 Å².